The number of carboxylic acids is 1. The molecular weight excluding hydrogens is 1270 g/mol. The molecule has 504 valence electrons. The number of aliphatic carboxylic acids is 1. The van der Waals surface area contributed by atoms with E-state index in [0.717, 1.165) is 4.90 Å². The first kappa shape index (κ1) is 77.0. The Kier molecular flexibility index (Phi) is 33.1. The molecule has 0 bridgehead atoms. The predicted molar refractivity (Wildman–Crippen MR) is 343 cm³/mol. The molecule has 11 atom stereocenters. The van der Waals surface area contributed by atoms with Crippen LogP contribution in [0.15, 0.2) is 30.5 Å². The second-order valence-electron chi connectivity index (χ2n) is 20.7. The molecule has 35 nitrogen and oxygen atoms in total. The molecule has 2 aromatic rings. The van der Waals surface area contributed by atoms with Gasteiger partial charge in [0, 0.05) is 66.2 Å². The number of aromatic nitrogens is 1. The lowest BCUT2D eigenvalue weighted by Gasteiger charge is -2.30. The first-order valence-electron chi connectivity index (χ1n) is 28.4. The van der Waals surface area contributed by atoms with Gasteiger partial charge in [-0.1, -0.05) is 18.2 Å². The number of carbonyl (C=O) groups is 13. The smallest absolute Gasteiger partial charge is 0.305 e. The lowest BCUT2D eigenvalue weighted by molar-refractivity contribution is -0.146. The summed E-state index contributed by atoms with van der Waals surface area (Å²) in [5.41, 5.74) is 22.8. The van der Waals surface area contributed by atoms with Gasteiger partial charge >= 0.3 is 5.97 Å². The van der Waals surface area contributed by atoms with E-state index in [1.54, 1.807) is 30.5 Å². The lowest BCUT2D eigenvalue weighted by atomic mass is 10.0. The second kappa shape index (κ2) is 39.1. The van der Waals surface area contributed by atoms with Crippen LogP contribution in [0, 0.1) is 10.8 Å². The van der Waals surface area contributed by atoms with Gasteiger partial charge in [0.25, 0.3) is 0 Å². The number of hydrogen-bond donors (Lipinski definition) is 25. The number of para-hydroxylation sites is 1. The molecule has 1 saturated heterocycles. The Labute approximate surface area is 544 Å². The summed E-state index contributed by atoms with van der Waals surface area (Å²) < 4.78 is 0. The van der Waals surface area contributed by atoms with E-state index in [2.05, 4.69) is 119 Å². The topological polar surface area (TPSA) is 578 Å². The van der Waals surface area contributed by atoms with Crippen molar-refractivity contribution in [3.05, 3.63) is 36.0 Å². The first-order chi connectivity index (χ1) is 43.1. The minimum absolute atomic E-state index is 0.0188. The first-order valence-corrected chi connectivity index (χ1v) is 31.0. The highest BCUT2D eigenvalue weighted by atomic mass is 32.1. The normalized spacial score (nSPS) is 15.9. The Bertz CT molecular complexity index is 2950. The van der Waals surface area contributed by atoms with Gasteiger partial charge in [0.2, 0.25) is 70.9 Å². The van der Waals surface area contributed by atoms with Crippen LogP contribution < -0.4 is 86.7 Å². The minimum Gasteiger partial charge on any atom is -0.481 e. The van der Waals surface area contributed by atoms with Crippen molar-refractivity contribution in [3.63, 3.8) is 0 Å². The Hall–Kier alpha value is -8.27. The van der Waals surface area contributed by atoms with E-state index in [9.17, 15) is 72.5 Å². The summed E-state index contributed by atoms with van der Waals surface area (Å²) in [6.07, 6.45) is 0.568. The van der Waals surface area contributed by atoms with Crippen LogP contribution in [0.4, 0.5) is 0 Å². The molecule has 1 fully saturated rings. The maximum absolute atomic E-state index is 14.3. The number of rotatable bonds is 39. The molecule has 12 amide bonds. The standard InChI is InChI=1S/C52H82N20O15S4/c1-24(41(78)66-30(15-25-18-61-27-8-3-2-7-26(25)27)44(81)64-28(9-4-12-59-51(55)56)42(79)69-33(20-88)40(54)77)62-46(83)35(22-90)70-43(80)29(10-5-13-60-52(57)58)65-49(86)37-11-6-14-72(37)50(87)31(16-39(75)76)67-45(82)32(19-73)68-48(85)36(23-91)71-47(84)34(21-89)63-38(74)17-53/h2-3,7-8,18,24,28-37,61,73,88-91H,4-6,9-17,19-23,53H2,1H3,(H2,54,77)(H,62,83)(H,63,74)(H,64,81)(H,65,86)(H,66,78)(H,67,82)(H,68,85)(H,69,79)(H,70,80)(H,71,84)(H,75,76)(H4,55,56,59)(H4,57,58,60)/t24-,28-,29-,30-,31-,32-,33-,34-,35-,36-,37-/m0/s1. The maximum atomic E-state index is 14.3. The van der Waals surface area contributed by atoms with E-state index >= 15 is 0 Å². The average molecular weight is 1360 g/mol. The van der Waals surface area contributed by atoms with Crippen LogP contribution in [-0.4, -0.2) is 231 Å². The van der Waals surface area contributed by atoms with Crippen LogP contribution in [0.1, 0.15) is 57.4 Å². The molecule has 0 saturated carbocycles. The number of carboxylic acid groups (broad SMARTS) is 1. The molecule has 39 heteroatoms. The number of fused-ring (bicyclic) bond motifs is 1. The summed E-state index contributed by atoms with van der Waals surface area (Å²) in [4.78, 5) is 178. The number of H-pyrrole nitrogens is 1. The van der Waals surface area contributed by atoms with Gasteiger partial charge in [-0.05, 0) is 57.1 Å². The number of nitrogens with two attached hydrogens (primary N) is 4. The third-order valence-corrected chi connectivity index (χ3v) is 15.3. The van der Waals surface area contributed by atoms with Gasteiger partial charge in [0.15, 0.2) is 11.9 Å². The summed E-state index contributed by atoms with van der Waals surface area (Å²) in [6, 6.07) is -9.15. The third kappa shape index (κ3) is 25.1. The Morgan fingerprint density at radius 3 is 1.57 bits per heavy atom. The van der Waals surface area contributed by atoms with Crippen molar-refractivity contribution in [1.29, 1.82) is 10.8 Å². The molecule has 1 aliphatic rings. The minimum atomic E-state index is -1.91. The second-order valence-corrected chi connectivity index (χ2v) is 22.1. The number of benzene rings is 1. The number of primary amides is 1. The fraction of sp³-hybridized carbons (Fsp3) is 0.558. The number of amides is 12. The zero-order chi connectivity index (χ0) is 68.1. The molecule has 2 heterocycles. The Balaban J connectivity index is 1.83. The summed E-state index contributed by atoms with van der Waals surface area (Å²) in [5, 5.41) is 65.1. The van der Waals surface area contributed by atoms with Crippen molar-refractivity contribution in [2.75, 3.05) is 55.8 Å². The van der Waals surface area contributed by atoms with E-state index in [0.29, 0.717) is 16.5 Å². The van der Waals surface area contributed by atoms with E-state index in [-0.39, 0.29) is 93.6 Å². The van der Waals surface area contributed by atoms with Crippen molar-refractivity contribution in [2.24, 2.45) is 22.9 Å². The van der Waals surface area contributed by atoms with Crippen LogP contribution in [-0.2, 0) is 68.7 Å². The summed E-state index contributed by atoms with van der Waals surface area (Å²) >= 11 is 16.4. The van der Waals surface area contributed by atoms with Crippen molar-refractivity contribution in [2.45, 2.75) is 125 Å². The lowest BCUT2D eigenvalue weighted by Crippen LogP contribution is -2.61. The third-order valence-electron chi connectivity index (χ3n) is 13.9. The molecule has 0 aliphatic carbocycles. The fourth-order valence-corrected chi connectivity index (χ4v) is 10.1. The van der Waals surface area contributed by atoms with Gasteiger partial charge in [-0.15, -0.1) is 0 Å². The van der Waals surface area contributed by atoms with E-state index in [1.807, 2.05) is 0 Å². The highest BCUT2D eigenvalue weighted by Crippen LogP contribution is 2.22. The molecule has 1 aliphatic heterocycles. The van der Waals surface area contributed by atoms with E-state index < -0.39 is 169 Å². The molecule has 25 N–H and O–H groups in total. The highest BCUT2D eigenvalue weighted by Gasteiger charge is 2.41. The van der Waals surface area contributed by atoms with Crippen molar-refractivity contribution in [1.82, 2.24) is 73.7 Å². The van der Waals surface area contributed by atoms with Crippen LogP contribution in [0.3, 0.4) is 0 Å². The summed E-state index contributed by atoms with van der Waals surface area (Å²) in [6.45, 7) is -0.293. The van der Waals surface area contributed by atoms with Crippen LogP contribution in [0.5, 0.6) is 0 Å². The molecule has 0 unspecified atom stereocenters. The van der Waals surface area contributed by atoms with Gasteiger partial charge < -0.3 is 107 Å². The Morgan fingerprint density at radius 1 is 0.604 bits per heavy atom. The number of hydrogen-bond acceptors (Lipinski definition) is 21. The predicted octanol–water partition coefficient (Wildman–Crippen LogP) is -8.27. The van der Waals surface area contributed by atoms with Gasteiger partial charge in [-0.25, -0.2) is 0 Å². The number of nitrogens with zero attached hydrogens (tertiary/aromatic N) is 1. The molecule has 1 aromatic heterocycles. The molecule has 0 spiro atoms. The zero-order valence-electron chi connectivity index (χ0n) is 49.5. The molecule has 1 aromatic carbocycles. The van der Waals surface area contributed by atoms with Gasteiger partial charge in [0.1, 0.15) is 66.5 Å². The number of aliphatic hydroxyl groups is 1. The quantitative estimate of drug-likeness (QED) is 0.0128. The number of aromatic amines is 1. The fourth-order valence-electron chi connectivity index (χ4n) is 9.02. The molecule has 3 rings (SSSR count). The Morgan fingerprint density at radius 2 is 1.05 bits per heavy atom. The summed E-state index contributed by atoms with van der Waals surface area (Å²) in [5.74, 6) is -14.8. The molecule has 0 radical (unpaired) electrons. The maximum Gasteiger partial charge on any atom is 0.305 e. The number of aliphatic hydroxyl groups excluding tert-OH is 1. The van der Waals surface area contributed by atoms with Crippen molar-refractivity contribution in [3.8, 4) is 0 Å². The van der Waals surface area contributed by atoms with Gasteiger partial charge in [-0.3, -0.25) is 73.1 Å². The van der Waals surface area contributed by atoms with Gasteiger partial charge in [-0.2, -0.15) is 50.5 Å². The average Bonchev–Trinajstić information content (AvgIpc) is 2.32. The van der Waals surface area contributed by atoms with Crippen LogP contribution >= 0.6 is 50.5 Å². The molecule has 91 heavy (non-hydrogen) atoms. The summed E-state index contributed by atoms with van der Waals surface area (Å²) in [7, 11) is 0. The van der Waals surface area contributed by atoms with E-state index in [1.165, 1.54) is 6.92 Å². The zero-order valence-corrected chi connectivity index (χ0v) is 53.1. The largest absolute Gasteiger partial charge is 0.481 e. The SMILES string of the molecule is C[C@H](NC(=O)[C@H](CS)NC(=O)[C@H](CCCNC(=N)N)NC(=O)[C@@H]1CCCN1C(=O)[C@H](CC(=O)O)NC(=O)[C@H](CO)NC(=O)[C@H](CS)NC(=O)[C@H](CS)NC(=O)CN)C(=O)N[C@@H](Cc1c[nH]c2ccccc12)C(=O)N[C@@H](CCCNC(=N)N)C(=O)N[C@@H](CS)C(N)=O. The van der Waals surface area contributed by atoms with E-state index in [4.69, 9.17) is 33.8 Å². The number of likely N-dealkylation sites (tertiary alicyclic amines) is 1. The van der Waals surface area contributed by atoms with Crippen molar-refractivity contribution < 1.29 is 72.5 Å². The monoisotopic (exact) mass is 1350 g/mol. The number of carbonyl (C=O) groups excluding carboxylic acids is 12. The van der Waals surface area contributed by atoms with Crippen molar-refractivity contribution >= 4 is 150 Å². The number of thiol groups is 4. The van der Waals surface area contributed by atoms with Gasteiger partial charge in [0.05, 0.1) is 19.6 Å². The van der Waals surface area contributed by atoms with Crippen LogP contribution in [0.2, 0.25) is 0 Å². The number of nitrogens with one attached hydrogen (secondary N) is 15. The van der Waals surface area contributed by atoms with Crippen LogP contribution in [0.25, 0.3) is 10.9 Å². The number of guanidine groups is 2. The molecular formula is C52H82N20O15S4. The highest BCUT2D eigenvalue weighted by molar-refractivity contribution is 7.80.